The lowest BCUT2D eigenvalue weighted by atomic mass is 9.63. The highest BCUT2D eigenvalue weighted by Crippen LogP contribution is 2.65. The Kier molecular flexibility index (Phi) is 4.24. The molecule has 3 amide bonds. The average molecular weight is 469 g/mol. The van der Waals surface area contributed by atoms with Gasteiger partial charge in [-0.1, -0.05) is 28.1 Å². The minimum Gasteiger partial charge on any atom is -0.326 e. The van der Waals surface area contributed by atoms with Gasteiger partial charge in [-0.15, -0.1) is 0 Å². The van der Waals surface area contributed by atoms with Crippen molar-refractivity contribution in [1.29, 1.82) is 0 Å². The first-order chi connectivity index (χ1) is 14.5. The van der Waals surface area contributed by atoms with Crippen LogP contribution in [0.2, 0.25) is 0 Å². The minimum atomic E-state index is -0.116. The van der Waals surface area contributed by atoms with E-state index < -0.39 is 0 Å². The second-order valence-electron chi connectivity index (χ2n) is 9.70. The monoisotopic (exact) mass is 468 g/mol. The predicted molar refractivity (Wildman–Crippen MR) is 115 cm³/mol. The number of hydrogen-bond acceptors (Lipinski definition) is 3. The van der Waals surface area contributed by atoms with E-state index in [1.165, 1.54) is 6.42 Å². The Morgan fingerprint density at radius 1 is 0.900 bits per heavy atom. The molecule has 0 radical (unpaired) electrons. The van der Waals surface area contributed by atoms with Crippen LogP contribution in [0.5, 0.6) is 0 Å². The van der Waals surface area contributed by atoms with Crippen molar-refractivity contribution in [1.82, 2.24) is 4.90 Å². The van der Waals surface area contributed by atoms with Gasteiger partial charge in [-0.2, -0.15) is 0 Å². The molecule has 1 aromatic rings. The number of amides is 3. The molecular weight excluding hydrogens is 444 g/mol. The largest absolute Gasteiger partial charge is 0.326 e. The number of carbonyl (C=O) groups is 3. The summed E-state index contributed by atoms with van der Waals surface area (Å²) in [5, 5.41) is 3.00. The summed E-state index contributed by atoms with van der Waals surface area (Å²) in [6.45, 7) is 0. The minimum absolute atomic E-state index is 0.0332. The van der Waals surface area contributed by atoms with Gasteiger partial charge >= 0.3 is 0 Å². The molecule has 6 aliphatic rings. The number of benzene rings is 1. The fraction of sp³-hybridized carbons (Fsp3) is 0.542. The number of nitrogens with one attached hydrogen (secondary N) is 1. The molecule has 1 aromatic carbocycles. The van der Waals surface area contributed by atoms with Crippen LogP contribution in [0.1, 0.15) is 32.1 Å². The summed E-state index contributed by atoms with van der Waals surface area (Å²) in [5.41, 5.74) is 0.792. The maximum atomic E-state index is 13.3. The molecule has 0 aromatic heterocycles. The summed E-state index contributed by atoms with van der Waals surface area (Å²) in [6.07, 6.45) is 8.52. The van der Waals surface area contributed by atoms with E-state index in [9.17, 15) is 14.4 Å². The Morgan fingerprint density at radius 2 is 1.47 bits per heavy atom. The summed E-state index contributed by atoms with van der Waals surface area (Å²) in [4.78, 5) is 40.8. The van der Waals surface area contributed by atoms with E-state index in [2.05, 4.69) is 33.4 Å². The summed E-state index contributed by atoms with van der Waals surface area (Å²) in [7, 11) is 0. The van der Waals surface area contributed by atoms with E-state index in [-0.39, 0.29) is 53.4 Å². The second-order valence-corrected chi connectivity index (χ2v) is 10.6. The number of nitrogens with zero attached hydrogens (tertiary/aromatic N) is 1. The number of anilines is 1. The van der Waals surface area contributed by atoms with Crippen LogP contribution in [0.15, 0.2) is 40.9 Å². The van der Waals surface area contributed by atoms with E-state index in [1.807, 2.05) is 24.3 Å². The van der Waals surface area contributed by atoms with Crippen molar-refractivity contribution in [2.24, 2.45) is 41.4 Å². The van der Waals surface area contributed by atoms with E-state index in [0.717, 1.165) is 35.8 Å². The SMILES string of the molecule is O=C(Nc1ccc(Br)cc1)C1CCC(N2C(=O)[C@@H]3[C@@H]4C=C[C@H]([C@H]5C[C@@H]45)[C@@H]3C2=O)CC1. The Bertz CT molecular complexity index is 914. The molecule has 1 aliphatic heterocycles. The van der Waals surface area contributed by atoms with Crippen LogP contribution in [0.4, 0.5) is 5.69 Å². The average Bonchev–Trinajstić information content (AvgIpc) is 3.53. The molecule has 7 rings (SSSR count). The fourth-order valence-electron chi connectivity index (χ4n) is 6.71. The molecule has 30 heavy (non-hydrogen) atoms. The van der Waals surface area contributed by atoms with Crippen LogP contribution in [0.25, 0.3) is 0 Å². The highest BCUT2D eigenvalue weighted by atomic mass is 79.9. The van der Waals surface area contributed by atoms with Gasteiger partial charge in [0.25, 0.3) is 0 Å². The molecule has 5 aliphatic carbocycles. The van der Waals surface area contributed by atoms with Crippen LogP contribution < -0.4 is 5.32 Å². The van der Waals surface area contributed by atoms with Crippen molar-refractivity contribution in [3.8, 4) is 0 Å². The molecule has 0 spiro atoms. The third kappa shape index (κ3) is 2.75. The van der Waals surface area contributed by atoms with Gasteiger partial charge in [0.2, 0.25) is 17.7 Å². The summed E-state index contributed by atoms with van der Waals surface area (Å²) < 4.78 is 0.975. The predicted octanol–water partition coefficient (Wildman–Crippen LogP) is 4.00. The summed E-state index contributed by atoms with van der Waals surface area (Å²) in [6, 6.07) is 7.53. The van der Waals surface area contributed by atoms with Crippen LogP contribution in [0.3, 0.4) is 0 Å². The van der Waals surface area contributed by atoms with Crippen LogP contribution in [-0.4, -0.2) is 28.7 Å². The fourth-order valence-corrected chi connectivity index (χ4v) is 6.98. The standard InChI is InChI=1S/C24H25BrN2O3/c25-13-3-5-14(6-4-13)26-22(28)12-1-7-15(8-2-12)27-23(29)20-16-9-10-17(19-11-18(16)19)21(20)24(27)30/h3-6,9-10,12,15-21H,1-2,7-8,11H2,(H,26,28)/t12?,15?,16-,17-,18-,19+,20+,21-/m1/s1. The quantitative estimate of drug-likeness (QED) is 0.538. The van der Waals surface area contributed by atoms with Gasteiger partial charge in [0, 0.05) is 22.1 Å². The molecule has 1 saturated heterocycles. The van der Waals surface area contributed by atoms with E-state index in [0.29, 0.717) is 11.8 Å². The highest BCUT2D eigenvalue weighted by Gasteiger charge is 2.67. The van der Waals surface area contributed by atoms with Gasteiger partial charge in [-0.05, 0) is 80.0 Å². The van der Waals surface area contributed by atoms with Crippen molar-refractivity contribution in [2.45, 2.75) is 38.1 Å². The molecule has 4 fully saturated rings. The number of hydrogen-bond donors (Lipinski definition) is 1. The van der Waals surface area contributed by atoms with Gasteiger partial charge in [-0.3, -0.25) is 19.3 Å². The Morgan fingerprint density at radius 3 is 2.03 bits per heavy atom. The van der Waals surface area contributed by atoms with Crippen molar-refractivity contribution in [3.63, 3.8) is 0 Å². The number of allylic oxidation sites excluding steroid dienone is 2. The first-order valence-corrected chi connectivity index (χ1v) is 11.9. The normalized spacial score (nSPS) is 40.9. The van der Waals surface area contributed by atoms with Crippen molar-refractivity contribution < 1.29 is 14.4 Å². The molecule has 156 valence electrons. The number of rotatable bonds is 3. The third-order valence-electron chi connectivity index (χ3n) is 8.24. The number of halogens is 1. The lowest BCUT2D eigenvalue weighted by molar-refractivity contribution is -0.144. The van der Waals surface area contributed by atoms with Gasteiger partial charge in [0.05, 0.1) is 11.8 Å². The van der Waals surface area contributed by atoms with Gasteiger partial charge < -0.3 is 5.32 Å². The van der Waals surface area contributed by atoms with Crippen LogP contribution >= 0.6 is 15.9 Å². The molecule has 2 bridgehead atoms. The maximum absolute atomic E-state index is 13.3. The first kappa shape index (κ1) is 18.8. The van der Waals surface area contributed by atoms with Crippen molar-refractivity contribution >= 4 is 39.3 Å². The van der Waals surface area contributed by atoms with E-state index in [1.54, 1.807) is 4.90 Å². The number of carbonyl (C=O) groups excluding carboxylic acids is 3. The van der Waals surface area contributed by atoms with Gasteiger partial charge in [-0.25, -0.2) is 0 Å². The molecular formula is C24H25BrN2O3. The Balaban J connectivity index is 1.11. The lowest BCUT2D eigenvalue weighted by Gasteiger charge is -2.37. The summed E-state index contributed by atoms with van der Waals surface area (Å²) in [5.74, 6) is 1.70. The van der Waals surface area contributed by atoms with Gasteiger partial charge in [0.15, 0.2) is 0 Å². The number of imide groups is 1. The van der Waals surface area contributed by atoms with E-state index in [4.69, 9.17) is 0 Å². The molecule has 1 heterocycles. The van der Waals surface area contributed by atoms with Crippen LogP contribution in [0, 0.1) is 41.4 Å². The van der Waals surface area contributed by atoms with Crippen molar-refractivity contribution in [3.05, 3.63) is 40.9 Å². The zero-order valence-electron chi connectivity index (χ0n) is 16.7. The zero-order valence-corrected chi connectivity index (χ0v) is 18.3. The Hall–Kier alpha value is -1.95. The highest BCUT2D eigenvalue weighted by molar-refractivity contribution is 9.10. The first-order valence-electron chi connectivity index (χ1n) is 11.1. The third-order valence-corrected chi connectivity index (χ3v) is 8.77. The zero-order chi connectivity index (χ0) is 20.6. The maximum Gasteiger partial charge on any atom is 0.233 e. The Labute approximate surface area is 184 Å². The molecule has 5 nitrogen and oxygen atoms in total. The second kappa shape index (κ2) is 6.78. The molecule has 6 atom stereocenters. The molecule has 1 N–H and O–H groups in total. The lowest BCUT2D eigenvalue weighted by Crippen LogP contribution is -2.44. The molecule has 3 saturated carbocycles. The smallest absolute Gasteiger partial charge is 0.233 e. The van der Waals surface area contributed by atoms with Crippen LogP contribution in [-0.2, 0) is 14.4 Å². The van der Waals surface area contributed by atoms with Gasteiger partial charge in [0.1, 0.15) is 0 Å². The topological polar surface area (TPSA) is 66.5 Å². The summed E-state index contributed by atoms with van der Waals surface area (Å²) >= 11 is 3.40. The van der Waals surface area contributed by atoms with Crippen molar-refractivity contribution in [2.75, 3.05) is 5.32 Å². The molecule has 0 unspecified atom stereocenters. The molecule has 6 heteroatoms. The van der Waals surface area contributed by atoms with E-state index >= 15 is 0 Å². The number of likely N-dealkylation sites (tertiary alicyclic amines) is 1.